The zero-order chi connectivity index (χ0) is 12.0. The van der Waals surface area contributed by atoms with Gasteiger partial charge in [-0.2, -0.15) is 0 Å². The van der Waals surface area contributed by atoms with Crippen LogP contribution in [-0.2, 0) is 14.3 Å². The van der Waals surface area contributed by atoms with Crippen LogP contribution < -0.4 is 5.32 Å². The van der Waals surface area contributed by atoms with E-state index in [9.17, 15) is 9.59 Å². The highest BCUT2D eigenvalue weighted by atomic mass is 16.5. The van der Waals surface area contributed by atoms with Gasteiger partial charge in [-0.05, 0) is 19.3 Å². The largest absolute Gasteiger partial charge is 0.465 e. The van der Waals surface area contributed by atoms with Crippen molar-refractivity contribution in [2.45, 2.75) is 52.1 Å². The van der Waals surface area contributed by atoms with Crippen molar-refractivity contribution in [3.05, 3.63) is 12.0 Å². The number of allylic oxidation sites excluding steroid dienone is 1. The molecule has 4 heteroatoms. The van der Waals surface area contributed by atoms with Crippen LogP contribution in [0.2, 0.25) is 0 Å². The van der Waals surface area contributed by atoms with Gasteiger partial charge in [0.1, 0.15) is 0 Å². The predicted molar refractivity (Wildman–Crippen MR) is 60.5 cm³/mol. The molecule has 1 rings (SSSR count). The molecular weight excluding hydrogens is 206 g/mol. The Morgan fingerprint density at radius 3 is 2.81 bits per heavy atom. The first-order chi connectivity index (χ1) is 7.67. The van der Waals surface area contributed by atoms with Crippen LogP contribution in [0, 0.1) is 0 Å². The third-order valence-corrected chi connectivity index (χ3v) is 2.42. The Morgan fingerprint density at radius 1 is 1.44 bits per heavy atom. The maximum absolute atomic E-state index is 11.4. The third-order valence-electron chi connectivity index (χ3n) is 2.42. The fourth-order valence-corrected chi connectivity index (χ4v) is 1.55. The Labute approximate surface area is 96.0 Å². The highest BCUT2D eigenvalue weighted by Crippen LogP contribution is 2.15. The lowest BCUT2D eigenvalue weighted by molar-refractivity contribution is -0.123. The summed E-state index contributed by atoms with van der Waals surface area (Å²) in [7, 11) is 0. The molecule has 0 spiro atoms. The summed E-state index contributed by atoms with van der Waals surface area (Å²) in [4.78, 5) is 22.8. The van der Waals surface area contributed by atoms with Gasteiger partial charge in [0.05, 0.1) is 0 Å². The van der Waals surface area contributed by atoms with E-state index >= 15 is 0 Å². The summed E-state index contributed by atoms with van der Waals surface area (Å²) in [6.07, 6.45) is 4.95. The first-order valence-electron chi connectivity index (χ1n) is 5.89. The van der Waals surface area contributed by atoms with E-state index in [-0.39, 0.29) is 11.7 Å². The van der Waals surface area contributed by atoms with Crippen LogP contribution in [0.1, 0.15) is 46.0 Å². The first kappa shape index (κ1) is 12.7. The van der Waals surface area contributed by atoms with Gasteiger partial charge in [0.15, 0.2) is 17.8 Å². The van der Waals surface area contributed by atoms with Gasteiger partial charge in [-0.15, -0.1) is 0 Å². The van der Waals surface area contributed by atoms with E-state index in [0.29, 0.717) is 18.7 Å². The number of nitrogens with one attached hydrogen (secondary N) is 1. The maximum atomic E-state index is 11.4. The second-order valence-corrected chi connectivity index (χ2v) is 3.96. The predicted octanol–water partition coefficient (Wildman–Crippen LogP) is 1.90. The summed E-state index contributed by atoms with van der Waals surface area (Å²) in [6.45, 7) is 4.00. The van der Waals surface area contributed by atoms with Gasteiger partial charge in [0, 0.05) is 12.5 Å². The highest BCUT2D eigenvalue weighted by Gasteiger charge is 2.29. The molecule has 1 amide bonds. The lowest BCUT2D eigenvalue weighted by Gasteiger charge is -2.05. The number of amides is 1. The smallest absolute Gasteiger partial charge is 0.267 e. The number of carbonyl (C=O) groups is 2. The van der Waals surface area contributed by atoms with Crippen molar-refractivity contribution >= 4 is 11.7 Å². The molecule has 0 aromatic carbocycles. The molecule has 16 heavy (non-hydrogen) atoms. The van der Waals surface area contributed by atoms with Gasteiger partial charge < -0.3 is 4.74 Å². The number of carbonyl (C=O) groups excluding carboxylic acids is 2. The number of ether oxygens (including phenoxy) is 1. The second-order valence-electron chi connectivity index (χ2n) is 3.96. The van der Waals surface area contributed by atoms with Crippen LogP contribution in [0.3, 0.4) is 0 Å². The topological polar surface area (TPSA) is 55.4 Å². The molecule has 1 aliphatic rings. The van der Waals surface area contributed by atoms with Gasteiger partial charge >= 0.3 is 0 Å². The Kier molecular flexibility index (Phi) is 5.02. The molecule has 4 nitrogen and oxygen atoms in total. The zero-order valence-electron chi connectivity index (χ0n) is 9.91. The molecule has 0 aliphatic carbocycles. The SMILES string of the molecule is CCCC[C@@H]1O/C(=C/C(=O)CCC)NC1=O. The van der Waals surface area contributed by atoms with E-state index < -0.39 is 6.10 Å². The average molecular weight is 225 g/mol. The van der Waals surface area contributed by atoms with E-state index in [4.69, 9.17) is 4.74 Å². The number of unbranched alkanes of at least 4 members (excludes halogenated alkanes) is 1. The number of hydrogen-bond acceptors (Lipinski definition) is 3. The molecule has 1 atom stereocenters. The van der Waals surface area contributed by atoms with Crippen LogP contribution in [-0.4, -0.2) is 17.8 Å². The van der Waals surface area contributed by atoms with Gasteiger partial charge in [-0.25, -0.2) is 0 Å². The van der Waals surface area contributed by atoms with Gasteiger partial charge in [0.25, 0.3) is 5.91 Å². The maximum Gasteiger partial charge on any atom is 0.267 e. The van der Waals surface area contributed by atoms with Crippen molar-refractivity contribution in [1.29, 1.82) is 0 Å². The summed E-state index contributed by atoms with van der Waals surface area (Å²) in [5.41, 5.74) is 0. The second kappa shape index (κ2) is 6.30. The van der Waals surface area contributed by atoms with Crippen molar-refractivity contribution in [1.82, 2.24) is 5.32 Å². The molecule has 0 unspecified atom stereocenters. The monoisotopic (exact) mass is 225 g/mol. The molecule has 0 bridgehead atoms. The Balaban J connectivity index is 2.48. The molecule has 1 fully saturated rings. The van der Waals surface area contributed by atoms with Crippen molar-refractivity contribution in [2.24, 2.45) is 0 Å². The lowest BCUT2D eigenvalue weighted by Crippen LogP contribution is -2.22. The lowest BCUT2D eigenvalue weighted by atomic mass is 10.1. The van der Waals surface area contributed by atoms with Crippen LogP contribution >= 0.6 is 0 Å². The Morgan fingerprint density at radius 2 is 2.19 bits per heavy atom. The van der Waals surface area contributed by atoms with Gasteiger partial charge in [-0.3, -0.25) is 14.9 Å². The molecule has 0 aromatic rings. The van der Waals surface area contributed by atoms with E-state index in [1.54, 1.807) is 0 Å². The number of hydrogen-bond donors (Lipinski definition) is 1. The minimum atomic E-state index is -0.416. The standard InChI is InChI=1S/C12H19NO3/c1-3-5-7-10-12(15)13-11(16-10)8-9(14)6-4-2/h8,10H,3-7H2,1-2H3,(H,13,15)/b11-8+/t10-/m0/s1. The van der Waals surface area contributed by atoms with Crippen molar-refractivity contribution < 1.29 is 14.3 Å². The Hall–Kier alpha value is -1.32. The zero-order valence-corrected chi connectivity index (χ0v) is 9.91. The normalized spacial score (nSPS) is 22.0. The minimum Gasteiger partial charge on any atom is -0.465 e. The summed E-state index contributed by atoms with van der Waals surface area (Å²) in [5.74, 6) is 0.169. The van der Waals surface area contributed by atoms with E-state index in [0.717, 1.165) is 19.3 Å². The summed E-state index contributed by atoms with van der Waals surface area (Å²) < 4.78 is 5.37. The van der Waals surface area contributed by atoms with Crippen LogP contribution in [0.5, 0.6) is 0 Å². The fourth-order valence-electron chi connectivity index (χ4n) is 1.55. The number of ketones is 1. The van der Waals surface area contributed by atoms with Gasteiger partial charge in [0.2, 0.25) is 0 Å². The van der Waals surface area contributed by atoms with E-state index in [1.807, 2.05) is 6.92 Å². The molecule has 0 aromatic heterocycles. The number of rotatable bonds is 6. The quantitative estimate of drug-likeness (QED) is 0.702. The van der Waals surface area contributed by atoms with Crippen LogP contribution in [0.15, 0.2) is 12.0 Å². The third kappa shape index (κ3) is 3.68. The summed E-state index contributed by atoms with van der Waals surface area (Å²) in [5, 5.41) is 2.58. The van der Waals surface area contributed by atoms with E-state index in [2.05, 4.69) is 12.2 Å². The van der Waals surface area contributed by atoms with Crippen molar-refractivity contribution in [3.8, 4) is 0 Å². The Bertz CT molecular complexity index is 297. The summed E-state index contributed by atoms with van der Waals surface area (Å²) in [6, 6.07) is 0. The fraction of sp³-hybridized carbons (Fsp3) is 0.667. The molecule has 1 heterocycles. The molecule has 90 valence electrons. The molecule has 0 saturated carbocycles. The molecule has 1 saturated heterocycles. The first-order valence-corrected chi connectivity index (χ1v) is 5.89. The highest BCUT2D eigenvalue weighted by molar-refractivity contribution is 5.92. The molecular formula is C12H19NO3. The van der Waals surface area contributed by atoms with Gasteiger partial charge in [-0.1, -0.05) is 20.3 Å². The average Bonchev–Trinajstić information content (AvgIpc) is 2.56. The van der Waals surface area contributed by atoms with Crippen molar-refractivity contribution in [3.63, 3.8) is 0 Å². The van der Waals surface area contributed by atoms with E-state index in [1.165, 1.54) is 6.08 Å². The minimum absolute atomic E-state index is 0.00561. The van der Waals surface area contributed by atoms with Crippen LogP contribution in [0.4, 0.5) is 0 Å². The molecule has 1 aliphatic heterocycles. The van der Waals surface area contributed by atoms with Crippen molar-refractivity contribution in [2.75, 3.05) is 0 Å². The van der Waals surface area contributed by atoms with Crippen LogP contribution in [0.25, 0.3) is 0 Å². The summed E-state index contributed by atoms with van der Waals surface area (Å²) >= 11 is 0. The molecule has 0 radical (unpaired) electrons. The molecule has 1 N–H and O–H groups in total.